The fourth-order valence-electron chi connectivity index (χ4n) is 1.83. The van der Waals surface area contributed by atoms with E-state index in [1.165, 1.54) is 0 Å². The van der Waals surface area contributed by atoms with Gasteiger partial charge in [-0.2, -0.15) is 5.10 Å². The Kier molecular flexibility index (Phi) is 2.95. The number of aromatic nitrogens is 2. The van der Waals surface area contributed by atoms with Gasteiger partial charge in [-0.05, 0) is 13.8 Å². The smallest absolute Gasteiger partial charge is 0.110 e. The maximum Gasteiger partial charge on any atom is 0.110 e. The van der Waals surface area contributed by atoms with Crippen molar-refractivity contribution in [1.29, 1.82) is 5.41 Å². The summed E-state index contributed by atoms with van der Waals surface area (Å²) in [5, 5.41) is 12.6. The number of nitrogens with zero attached hydrogens (tertiary/aromatic N) is 2. The van der Waals surface area contributed by atoms with Crippen molar-refractivity contribution < 1.29 is 0 Å². The topological polar surface area (TPSA) is 67.7 Å². The molecule has 0 bridgehead atoms. The Morgan fingerprint density at radius 1 is 1.35 bits per heavy atom. The molecule has 1 aromatic heterocycles. The quantitative estimate of drug-likeness (QED) is 0.791. The monoisotopic (exact) mass is 228 g/mol. The van der Waals surface area contributed by atoms with Crippen molar-refractivity contribution in [3.05, 3.63) is 47.3 Å². The largest absolute Gasteiger partial charge is 0.395 e. The molecule has 3 N–H and O–H groups in total. The molecule has 2 aromatic rings. The number of hydrogen-bond donors (Lipinski definition) is 2. The molecule has 0 spiro atoms. The number of benzene rings is 1. The van der Waals surface area contributed by atoms with Gasteiger partial charge < -0.3 is 5.73 Å². The van der Waals surface area contributed by atoms with Crippen molar-refractivity contribution in [3.8, 4) is 0 Å². The van der Waals surface area contributed by atoms with Crippen LogP contribution in [0.4, 0.5) is 5.69 Å². The van der Waals surface area contributed by atoms with E-state index in [1.807, 2.05) is 44.2 Å². The predicted octanol–water partition coefficient (Wildman–Crippen LogP) is 2.21. The molecule has 0 aliphatic heterocycles. The summed E-state index contributed by atoms with van der Waals surface area (Å²) < 4.78 is 1.78. The van der Waals surface area contributed by atoms with E-state index < -0.39 is 0 Å². The van der Waals surface area contributed by atoms with Crippen molar-refractivity contribution >= 4 is 11.4 Å². The molecule has 0 radical (unpaired) electrons. The van der Waals surface area contributed by atoms with Crippen molar-refractivity contribution in [2.75, 3.05) is 5.73 Å². The lowest BCUT2D eigenvalue weighted by atomic mass is 10.1. The van der Waals surface area contributed by atoms with Gasteiger partial charge in [-0.3, -0.25) is 10.1 Å². The van der Waals surface area contributed by atoms with E-state index in [0.29, 0.717) is 23.6 Å². The SMILES string of the molecule is CCn1nc(C)c(N)c1C(=N)c1ccccc1. The maximum absolute atomic E-state index is 8.23. The Morgan fingerprint density at radius 3 is 2.59 bits per heavy atom. The van der Waals surface area contributed by atoms with Crippen molar-refractivity contribution in [2.45, 2.75) is 20.4 Å². The molecular formula is C13H16N4. The molecule has 4 heteroatoms. The van der Waals surface area contributed by atoms with Gasteiger partial charge in [-0.1, -0.05) is 30.3 Å². The molecule has 0 unspecified atom stereocenters. The summed E-state index contributed by atoms with van der Waals surface area (Å²) in [4.78, 5) is 0. The van der Waals surface area contributed by atoms with Gasteiger partial charge in [0, 0.05) is 12.1 Å². The van der Waals surface area contributed by atoms with Crippen molar-refractivity contribution in [3.63, 3.8) is 0 Å². The highest BCUT2D eigenvalue weighted by Gasteiger charge is 2.16. The molecular weight excluding hydrogens is 212 g/mol. The highest BCUT2D eigenvalue weighted by atomic mass is 15.3. The molecule has 2 rings (SSSR count). The fourth-order valence-corrected chi connectivity index (χ4v) is 1.83. The molecule has 0 atom stereocenters. The van der Waals surface area contributed by atoms with E-state index in [9.17, 15) is 0 Å². The second kappa shape index (κ2) is 4.41. The molecule has 4 nitrogen and oxygen atoms in total. The van der Waals surface area contributed by atoms with Crippen LogP contribution in [-0.4, -0.2) is 15.5 Å². The van der Waals surface area contributed by atoms with Gasteiger partial charge in [-0.15, -0.1) is 0 Å². The van der Waals surface area contributed by atoms with Gasteiger partial charge >= 0.3 is 0 Å². The van der Waals surface area contributed by atoms with Gasteiger partial charge in [0.25, 0.3) is 0 Å². The van der Waals surface area contributed by atoms with Crippen LogP contribution in [0.3, 0.4) is 0 Å². The molecule has 0 fully saturated rings. The number of nitrogens with one attached hydrogen (secondary N) is 1. The molecule has 88 valence electrons. The highest BCUT2D eigenvalue weighted by molar-refractivity contribution is 6.12. The van der Waals surface area contributed by atoms with Crippen LogP contribution in [0.5, 0.6) is 0 Å². The molecule has 0 saturated carbocycles. The van der Waals surface area contributed by atoms with Crippen LogP contribution in [0.2, 0.25) is 0 Å². The zero-order chi connectivity index (χ0) is 12.4. The van der Waals surface area contributed by atoms with Crippen LogP contribution in [0, 0.1) is 12.3 Å². The first-order valence-electron chi connectivity index (χ1n) is 5.62. The minimum atomic E-state index is 0.422. The number of aryl methyl sites for hydroxylation is 2. The van der Waals surface area contributed by atoms with Crippen LogP contribution in [-0.2, 0) is 6.54 Å². The number of rotatable bonds is 3. The zero-order valence-corrected chi connectivity index (χ0v) is 10.1. The van der Waals surface area contributed by atoms with Crippen LogP contribution in [0.25, 0.3) is 0 Å². The standard InChI is InChI=1S/C13H16N4/c1-3-17-13(11(14)9(2)16-17)12(15)10-7-5-4-6-8-10/h4-8,15H,3,14H2,1-2H3. The third-order valence-corrected chi connectivity index (χ3v) is 2.77. The van der Waals surface area contributed by atoms with Crippen LogP contribution < -0.4 is 5.73 Å². The Balaban J connectivity index is 2.51. The summed E-state index contributed by atoms with van der Waals surface area (Å²) in [5.41, 5.74) is 9.35. The van der Waals surface area contributed by atoms with Crippen LogP contribution in [0.15, 0.2) is 30.3 Å². The van der Waals surface area contributed by atoms with Crippen molar-refractivity contribution in [2.24, 2.45) is 0 Å². The fraction of sp³-hybridized carbons (Fsp3) is 0.231. The van der Waals surface area contributed by atoms with Gasteiger partial charge in [0.15, 0.2) is 0 Å². The minimum absolute atomic E-state index is 0.422. The second-order valence-electron chi connectivity index (χ2n) is 3.90. The summed E-state index contributed by atoms with van der Waals surface area (Å²) in [7, 11) is 0. The summed E-state index contributed by atoms with van der Waals surface area (Å²) in [6, 6.07) is 9.58. The summed E-state index contributed by atoms with van der Waals surface area (Å²) >= 11 is 0. The molecule has 0 aliphatic carbocycles. The molecule has 0 aliphatic rings. The average Bonchev–Trinajstić information content (AvgIpc) is 2.65. The highest BCUT2D eigenvalue weighted by Crippen LogP contribution is 2.20. The van der Waals surface area contributed by atoms with E-state index in [1.54, 1.807) is 4.68 Å². The number of nitrogen functional groups attached to an aromatic ring is 1. The molecule has 0 amide bonds. The van der Waals surface area contributed by atoms with Gasteiger partial charge in [0.2, 0.25) is 0 Å². The predicted molar refractivity (Wildman–Crippen MR) is 69.4 cm³/mol. The van der Waals surface area contributed by atoms with Crippen LogP contribution >= 0.6 is 0 Å². The Morgan fingerprint density at radius 2 is 2.00 bits per heavy atom. The van der Waals surface area contributed by atoms with E-state index in [-0.39, 0.29) is 0 Å². The molecule has 1 heterocycles. The molecule has 17 heavy (non-hydrogen) atoms. The number of anilines is 1. The normalized spacial score (nSPS) is 10.5. The first-order valence-corrected chi connectivity index (χ1v) is 5.62. The molecule has 0 saturated heterocycles. The van der Waals surface area contributed by atoms with E-state index >= 15 is 0 Å². The first-order chi connectivity index (χ1) is 8.15. The first kappa shape index (κ1) is 11.4. The summed E-state index contributed by atoms with van der Waals surface area (Å²) in [5.74, 6) is 0. The Hall–Kier alpha value is -2.10. The van der Waals surface area contributed by atoms with Gasteiger partial charge in [0.1, 0.15) is 5.69 Å². The Labute approximate surface area is 101 Å². The lowest BCUT2D eigenvalue weighted by Gasteiger charge is -2.07. The van der Waals surface area contributed by atoms with Gasteiger partial charge in [0.05, 0.1) is 17.1 Å². The maximum atomic E-state index is 8.23. The average molecular weight is 228 g/mol. The second-order valence-corrected chi connectivity index (χ2v) is 3.90. The number of nitrogens with two attached hydrogens (primary N) is 1. The third-order valence-electron chi connectivity index (χ3n) is 2.77. The molecule has 1 aromatic carbocycles. The lowest BCUT2D eigenvalue weighted by molar-refractivity contribution is 0.648. The number of hydrogen-bond acceptors (Lipinski definition) is 3. The third kappa shape index (κ3) is 1.93. The minimum Gasteiger partial charge on any atom is -0.395 e. The summed E-state index contributed by atoms with van der Waals surface area (Å²) in [6.45, 7) is 4.57. The zero-order valence-electron chi connectivity index (χ0n) is 10.1. The van der Waals surface area contributed by atoms with E-state index in [0.717, 1.165) is 11.3 Å². The lowest BCUT2D eigenvalue weighted by Crippen LogP contribution is -2.12. The Bertz CT molecular complexity index is 540. The van der Waals surface area contributed by atoms with E-state index in [2.05, 4.69) is 5.10 Å². The van der Waals surface area contributed by atoms with Gasteiger partial charge in [-0.25, -0.2) is 0 Å². The summed E-state index contributed by atoms with van der Waals surface area (Å²) in [6.07, 6.45) is 0. The van der Waals surface area contributed by atoms with Crippen LogP contribution in [0.1, 0.15) is 23.9 Å². The van der Waals surface area contributed by atoms with E-state index in [4.69, 9.17) is 11.1 Å². The van der Waals surface area contributed by atoms with Crippen molar-refractivity contribution in [1.82, 2.24) is 9.78 Å².